The number of ether oxygens (including phenoxy) is 2. The van der Waals surface area contributed by atoms with Crippen molar-refractivity contribution in [2.45, 2.75) is 19.8 Å². The number of carbonyl (C=O) groups is 1. The van der Waals surface area contributed by atoms with Gasteiger partial charge in [-0.05, 0) is 18.6 Å². The van der Waals surface area contributed by atoms with Crippen molar-refractivity contribution in [3.63, 3.8) is 0 Å². The van der Waals surface area contributed by atoms with Crippen LogP contribution in [0.25, 0.3) is 0 Å². The number of hydrogen-bond donors (Lipinski definition) is 3. The normalized spacial score (nSPS) is 10.2. The summed E-state index contributed by atoms with van der Waals surface area (Å²) in [6.07, 6.45) is 1.33. The number of carbonyl (C=O) groups excluding carboxylic acids is 1. The highest BCUT2D eigenvalue weighted by atomic mass is 16.5. The summed E-state index contributed by atoms with van der Waals surface area (Å²) >= 11 is 0. The highest BCUT2D eigenvalue weighted by Crippen LogP contribution is 2.25. The topological polar surface area (TPSA) is 85.6 Å². The van der Waals surface area contributed by atoms with Gasteiger partial charge in [-0.15, -0.1) is 0 Å². The van der Waals surface area contributed by atoms with Crippen LogP contribution in [0.1, 0.15) is 19.8 Å². The number of nitrogens with two attached hydrogens (primary N) is 1. The zero-order chi connectivity index (χ0) is 15.5. The van der Waals surface area contributed by atoms with Crippen molar-refractivity contribution in [3.05, 3.63) is 18.2 Å². The summed E-state index contributed by atoms with van der Waals surface area (Å²) in [6.45, 7) is 4.29. The molecule has 0 bridgehead atoms. The highest BCUT2D eigenvalue weighted by molar-refractivity contribution is 5.76. The molecule has 0 aliphatic carbocycles. The Morgan fingerprint density at radius 3 is 2.81 bits per heavy atom. The van der Waals surface area contributed by atoms with Gasteiger partial charge < -0.3 is 25.8 Å². The first-order valence-corrected chi connectivity index (χ1v) is 7.19. The zero-order valence-electron chi connectivity index (χ0n) is 12.8. The summed E-state index contributed by atoms with van der Waals surface area (Å²) in [6, 6.07) is 5.52. The molecular weight excluding hydrogens is 270 g/mol. The molecule has 1 aromatic rings. The van der Waals surface area contributed by atoms with E-state index >= 15 is 0 Å². The Labute approximate surface area is 126 Å². The molecule has 0 aliphatic heterocycles. The Morgan fingerprint density at radius 1 is 1.29 bits per heavy atom. The third-order valence-electron chi connectivity index (χ3n) is 2.78. The highest BCUT2D eigenvalue weighted by Gasteiger charge is 2.04. The Morgan fingerprint density at radius 2 is 2.10 bits per heavy atom. The van der Waals surface area contributed by atoms with Crippen LogP contribution < -0.4 is 21.1 Å². The Bertz CT molecular complexity index is 438. The van der Waals surface area contributed by atoms with E-state index in [4.69, 9.17) is 15.2 Å². The number of rotatable bonds is 10. The fourth-order valence-electron chi connectivity index (χ4n) is 1.68. The molecule has 0 unspecified atom stereocenters. The molecule has 0 saturated heterocycles. The van der Waals surface area contributed by atoms with Gasteiger partial charge >= 0.3 is 0 Å². The van der Waals surface area contributed by atoms with E-state index in [0.717, 1.165) is 12.1 Å². The van der Waals surface area contributed by atoms with E-state index in [2.05, 4.69) is 10.6 Å². The lowest BCUT2D eigenvalue weighted by atomic mass is 10.2. The van der Waals surface area contributed by atoms with E-state index in [-0.39, 0.29) is 5.91 Å². The van der Waals surface area contributed by atoms with Crippen LogP contribution in [0.3, 0.4) is 0 Å². The molecule has 21 heavy (non-hydrogen) atoms. The summed E-state index contributed by atoms with van der Waals surface area (Å²) in [5.41, 5.74) is 7.35. The first-order valence-electron chi connectivity index (χ1n) is 7.19. The van der Waals surface area contributed by atoms with Crippen molar-refractivity contribution in [2.24, 2.45) is 0 Å². The molecule has 0 aliphatic rings. The van der Waals surface area contributed by atoms with E-state index in [0.29, 0.717) is 44.2 Å². The maximum Gasteiger partial charge on any atom is 0.221 e. The molecule has 0 heterocycles. The molecule has 118 valence electrons. The SMILES string of the molecule is CCCOc1cc(NCCC(=O)NCCOC)ccc1N. The van der Waals surface area contributed by atoms with Gasteiger partial charge in [0.25, 0.3) is 0 Å². The molecule has 0 aromatic heterocycles. The summed E-state index contributed by atoms with van der Waals surface area (Å²) in [4.78, 5) is 11.5. The van der Waals surface area contributed by atoms with E-state index in [1.165, 1.54) is 0 Å². The Balaban J connectivity index is 2.36. The molecule has 0 atom stereocenters. The van der Waals surface area contributed by atoms with Crippen LogP contribution in [-0.2, 0) is 9.53 Å². The number of methoxy groups -OCH3 is 1. The van der Waals surface area contributed by atoms with Crippen LogP contribution in [-0.4, -0.2) is 39.3 Å². The molecule has 4 N–H and O–H groups in total. The summed E-state index contributed by atoms with van der Waals surface area (Å²) < 4.78 is 10.4. The van der Waals surface area contributed by atoms with E-state index in [1.807, 2.05) is 19.1 Å². The van der Waals surface area contributed by atoms with Crippen molar-refractivity contribution in [2.75, 3.05) is 44.5 Å². The predicted octanol–water partition coefficient (Wildman–Crippen LogP) is 1.62. The van der Waals surface area contributed by atoms with Crippen LogP contribution in [0.5, 0.6) is 5.75 Å². The fourth-order valence-corrected chi connectivity index (χ4v) is 1.68. The maximum atomic E-state index is 11.5. The predicted molar refractivity (Wildman–Crippen MR) is 84.6 cm³/mol. The second kappa shape index (κ2) is 9.88. The van der Waals surface area contributed by atoms with Gasteiger partial charge in [-0.3, -0.25) is 4.79 Å². The molecule has 0 fully saturated rings. The first kappa shape index (κ1) is 17.1. The molecule has 6 nitrogen and oxygen atoms in total. The second-order valence-corrected chi connectivity index (χ2v) is 4.62. The number of hydrogen-bond acceptors (Lipinski definition) is 5. The fraction of sp³-hybridized carbons (Fsp3) is 0.533. The third kappa shape index (κ3) is 6.85. The molecule has 1 aromatic carbocycles. The van der Waals surface area contributed by atoms with Crippen LogP contribution in [0.15, 0.2) is 18.2 Å². The third-order valence-corrected chi connectivity index (χ3v) is 2.78. The van der Waals surface area contributed by atoms with Crippen molar-refractivity contribution in [1.82, 2.24) is 5.32 Å². The average Bonchev–Trinajstić information content (AvgIpc) is 2.48. The quantitative estimate of drug-likeness (QED) is 0.451. The summed E-state index contributed by atoms with van der Waals surface area (Å²) in [5, 5.41) is 5.95. The summed E-state index contributed by atoms with van der Waals surface area (Å²) in [5.74, 6) is 0.670. The van der Waals surface area contributed by atoms with Crippen molar-refractivity contribution < 1.29 is 14.3 Å². The molecule has 0 radical (unpaired) electrons. The van der Waals surface area contributed by atoms with Gasteiger partial charge in [0.05, 0.1) is 18.9 Å². The van der Waals surface area contributed by atoms with Crippen LogP contribution >= 0.6 is 0 Å². The number of amides is 1. The lowest BCUT2D eigenvalue weighted by molar-refractivity contribution is -0.121. The van der Waals surface area contributed by atoms with Gasteiger partial charge in [0.1, 0.15) is 5.75 Å². The van der Waals surface area contributed by atoms with Crippen molar-refractivity contribution in [3.8, 4) is 5.75 Å². The van der Waals surface area contributed by atoms with Gasteiger partial charge in [0.15, 0.2) is 0 Å². The number of nitrogens with one attached hydrogen (secondary N) is 2. The number of nitrogen functional groups attached to an aromatic ring is 1. The van der Waals surface area contributed by atoms with Crippen LogP contribution in [0.2, 0.25) is 0 Å². The average molecular weight is 295 g/mol. The largest absolute Gasteiger partial charge is 0.491 e. The lowest BCUT2D eigenvalue weighted by Gasteiger charge is -2.11. The Hall–Kier alpha value is -1.95. The van der Waals surface area contributed by atoms with Crippen LogP contribution in [0.4, 0.5) is 11.4 Å². The van der Waals surface area contributed by atoms with Gasteiger partial charge in [-0.25, -0.2) is 0 Å². The molecule has 1 amide bonds. The van der Waals surface area contributed by atoms with Crippen LogP contribution in [0, 0.1) is 0 Å². The van der Waals surface area contributed by atoms with Gasteiger partial charge in [0.2, 0.25) is 5.91 Å². The smallest absolute Gasteiger partial charge is 0.221 e. The lowest BCUT2D eigenvalue weighted by Crippen LogP contribution is -2.28. The standard InChI is InChI=1S/C15H25N3O3/c1-3-9-21-14-11-12(4-5-13(14)16)17-7-6-15(19)18-8-10-20-2/h4-5,11,17H,3,6-10,16H2,1-2H3,(H,18,19). The maximum absolute atomic E-state index is 11.5. The molecular formula is C15H25N3O3. The minimum Gasteiger partial charge on any atom is -0.491 e. The monoisotopic (exact) mass is 295 g/mol. The Kier molecular flexibility index (Phi) is 8.04. The number of anilines is 2. The van der Waals surface area contributed by atoms with Crippen molar-refractivity contribution >= 4 is 17.3 Å². The first-order chi connectivity index (χ1) is 10.2. The van der Waals surface area contributed by atoms with Crippen molar-refractivity contribution in [1.29, 1.82) is 0 Å². The van der Waals surface area contributed by atoms with Gasteiger partial charge in [-0.1, -0.05) is 6.92 Å². The minimum atomic E-state index is -0.00236. The van der Waals surface area contributed by atoms with E-state index < -0.39 is 0 Å². The van der Waals surface area contributed by atoms with E-state index in [9.17, 15) is 4.79 Å². The molecule has 6 heteroatoms. The zero-order valence-corrected chi connectivity index (χ0v) is 12.8. The summed E-state index contributed by atoms with van der Waals surface area (Å²) in [7, 11) is 1.60. The minimum absolute atomic E-state index is 0.00236. The van der Waals surface area contributed by atoms with E-state index in [1.54, 1.807) is 13.2 Å². The molecule has 1 rings (SSSR count). The van der Waals surface area contributed by atoms with Gasteiger partial charge in [0, 0.05) is 38.4 Å². The second-order valence-electron chi connectivity index (χ2n) is 4.62. The molecule has 0 spiro atoms. The van der Waals surface area contributed by atoms with Gasteiger partial charge in [-0.2, -0.15) is 0 Å². The molecule has 0 saturated carbocycles. The number of benzene rings is 1.